The molecule has 112 valence electrons. The van der Waals surface area contributed by atoms with Crippen molar-refractivity contribution in [1.29, 1.82) is 0 Å². The first kappa shape index (κ1) is 15.7. The van der Waals surface area contributed by atoms with Crippen LogP contribution in [0.25, 0.3) is 0 Å². The molecule has 1 fully saturated rings. The van der Waals surface area contributed by atoms with Crippen molar-refractivity contribution >= 4 is 11.6 Å². The molecule has 1 aliphatic rings. The van der Waals surface area contributed by atoms with Crippen LogP contribution in [0, 0.1) is 17.2 Å². The van der Waals surface area contributed by atoms with Gasteiger partial charge in [-0.1, -0.05) is 38.4 Å². The number of hydrogen-bond acceptors (Lipinski definition) is 2. The molecule has 0 amide bonds. The van der Waals surface area contributed by atoms with Crippen molar-refractivity contribution < 1.29 is 4.39 Å². The predicted octanol–water partition coefficient (Wildman–Crippen LogP) is 3.85. The smallest absolute Gasteiger partial charge is 0.124 e. The van der Waals surface area contributed by atoms with E-state index in [1.165, 1.54) is 18.6 Å². The Labute approximate surface area is 126 Å². The third-order valence-electron chi connectivity index (χ3n) is 4.43. The summed E-state index contributed by atoms with van der Waals surface area (Å²) in [5.41, 5.74) is 7.19. The second-order valence-corrected chi connectivity index (χ2v) is 7.17. The number of benzene rings is 1. The van der Waals surface area contributed by atoms with Crippen molar-refractivity contribution in [3.63, 3.8) is 0 Å². The molecule has 1 aromatic rings. The van der Waals surface area contributed by atoms with Crippen molar-refractivity contribution in [2.45, 2.75) is 33.2 Å². The molecule has 1 saturated heterocycles. The molecule has 20 heavy (non-hydrogen) atoms. The molecule has 1 heterocycles. The van der Waals surface area contributed by atoms with Crippen LogP contribution < -0.4 is 5.73 Å². The second-order valence-electron chi connectivity index (χ2n) is 6.76. The van der Waals surface area contributed by atoms with Gasteiger partial charge in [-0.25, -0.2) is 4.39 Å². The zero-order chi connectivity index (χ0) is 14.9. The van der Waals surface area contributed by atoms with Gasteiger partial charge in [-0.2, -0.15) is 0 Å². The fourth-order valence-corrected chi connectivity index (χ4v) is 3.31. The molecule has 1 aliphatic heterocycles. The fourth-order valence-electron chi connectivity index (χ4n) is 3.02. The Hall–Kier alpha value is -0.640. The molecule has 2 rings (SSSR count). The highest BCUT2D eigenvalue weighted by atomic mass is 35.5. The lowest BCUT2D eigenvalue weighted by Crippen LogP contribution is -2.33. The molecule has 2 N–H and O–H groups in total. The highest BCUT2D eigenvalue weighted by molar-refractivity contribution is 6.31. The molecule has 1 aromatic carbocycles. The van der Waals surface area contributed by atoms with E-state index in [0.717, 1.165) is 18.7 Å². The van der Waals surface area contributed by atoms with E-state index in [2.05, 4.69) is 25.7 Å². The van der Waals surface area contributed by atoms with Gasteiger partial charge in [-0.15, -0.1) is 0 Å². The van der Waals surface area contributed by atoms with E-state index in [-0.39, 0.29) is 11.9 Å². The van der Waals surface area contributed by atoms with E-state index in [0.29, 0.717) is 22.9 Å². The molecule has 0 aromatic heterocycles. The van der Waals surface area contributed by atoms with Crippen molar-refractivity contribution in [3.05, 3.63) is 34.6 Å². The first-order valence-corrected chi connectivity index (χ1v) is 7.59. The Morgan fingerprint density at radius 3 is 2.65 bits per heavy atom. The predicted molar refractivity (Wildman–Crippen MR) is 82.3 cm³/mol. The minimum Gasteiger partial charge on any atom is -0.329 e. The quantitative estimate of drug-likeness (QED) is 0.918. The SMILES string of the molecule is CC(C)(C)C1CCN(C(CN)c2ccc(F)cc2Cl)C1. The number of hydrogen-bond donors (Lipinski definition) is 1. The standard InChI is InChI=1S/C16H24ClFN2/c1-16(2,3)11-6-7-20(10-11)15(9-19)13-5-4-12(18)8-14(13)17/h4-5,8,11,15H,6-7,9-10,19H2,1-3H3. The third kappa shape index (κ3) is 3.33. The highest BCUT2D eigenvalue weighted by Gasteiger charge is 2.35. The number of likely N-dealkylation sites (tertiary alicyclic amines) is 1. The van der Waals surface area contributed by atoms with Gasteiger partial charge < -0.3 is 5.73 Å². The molecular formula is C16H24ClFN2. The van der Waals surface area contributed by atoms with E-state index in [9.17, 15) is 4.39 Å². The van der Waals surface area contributed by atoms with Gasteiger partial charge in [0.25, 0.3) is 0 Å². The molecule has 0 saturated carbocycles. The lowest BCUT2D eigenvalue weighted by atomic mass is 9.80. The summed E-state index contributed by atoms with van der Waals surface area (Å²) < 4.78 is 13.2. The van der Waals surface area contributed by atoms with E-state index in [1.54, 1.807) is 6.07 Å². The van der Waals surface area contributed by atoms with Crippen LogP contribution in [0.1, 0.15) is 38.8 Å². The zero-order valence-electron chi connectivity index (χ0n) is 12.5. The van der Waals surface area contributed by atoms with Gasteiger partial charge in [-0.05, 0) is 42.0 Å². The Bertz CT molecular complexity index is 470. The lowest BCUT2D eigenvalue weighted by Gasteiger charge is -2.31. The summed E-state index contributed by atoms with van der Waals surface area (Å²) in [6.45, 7) is 9.40. The summed E-state index contributed by atoms with van der Waals surface area (Å²) in [6.07, 6.45) is 1.18. The van der Waals surface area contributed by atoms with Crippen LogP contribution in [0.15, 0.2) is 18.2 Å². The van der Waals surface area contributed by atoms with Crippen LogP contribution in [0.2, 0.25) is 5.02 Å². The van der Waals surface area contributed by atoms with E-state index >= 15 is 0 Å². The Morgan fingerprint density at radius 2 is 2.15 bits per heavy atom. The van der Waals surface area contributed by atoms with Gasteiger partial charge in [0.15, 0.2) is 0 Å². The molecule has 4 heteroatoms. The summed E-state index contributed by atoms with van der Waals surface area (Å²) in [7, 11) is 0. The van der Waals surface area contributed by atoms with E-state index in [1.807, 2.05) is 0 Å². The van der Waals surface area contributed by atoms with Crippen molar-refractivity contribution in [2.75, 3.05) is 19.6 Å². The number of nitrogens with zero attached hydrogens (tertiary/aromatic N) is 1. The molecular weight excluding hydrogens is 275 g/mol. The average molecular weight is 299 g/mol. The highest BCUT2D eigenvalue weighted by Crippen LogP contribution is 2.38. The van der Waals surface area contributed by atoms with E-state index < -0.39 is 0 Å². The first-order chi connectivity index (χ1) is 9.32. The first-order valence-electron chi connectivity index (χ1n) is 7.22. The lowest BCUT2D eigenvalue weighted by molar-refractivity contribution is 0.197. The minimum absolute atomic E-state index is 0.0791. The normalized spacial score (nSPS) is 22.2. The second kappa shape index (κ2) is 6.00. The molecule has 2 nitrogen and oxygen atoms in total. The van der Waals surface area contributed by atoms with Crippen LogP contribution in [0.4, 0.5) is 4.39 Å². The summed E-state index contributed by atoms with van der Waals surface area (Å²) in [4.78, 5) is 2.38. The van der Waals surface area contributed by atoms with Gasteiger partial charge in [0.1, 0.15) is 5.82 Å². The monoisotopic (exact) mass is 298 g/mol. The van der Waals surface area contributed by atoms with Gasteiger partial charge in [0.2, 0.25) is 0 Å². The van der Waals surface area contributed by atoms with Crippen LogP contribution >= 0.6 is 11.6 Å². The number of nitrogens with two attached hydrogens (primary N) is 1. The van der Waals surface area contributed by atoms with Crippen LogP contribution in [-0.2, 0) is 0 Å². The van der Waals surface area contributed by atoms with Crippen LogP contribution in [0.5, 0.6) is 0 Å². The van der Waals surface area contributed by atoms with Gasteiger partial charge in [-0.3, -0.25) is 4.90 Å². The molecule has 0 radical (unpaired) electrons. The number of rotatable bonds is 3. The van der Waals surface area contributed by atoms with Crippen molar-refractivity contribution in [2.24, 2.45) is 17.1 Å². The average Bonchev–Trinajstić information content (AvgIpc) is 2.82. The topological polar surface area (TPSA) is 29.3 Å². The molecule has 0 spiro atoms. The Morgan fingerprint density at radius 1 is 1.45 bits per heavy atom. The summed E-state index contributed by atoms with van der Waals surface area (Å²) in [5, 5.41) is 0.472. The molecule has 2 atom stereocenters. The molecule has 0 aliphatic carbocycles. The maximum atomic E-state index is 13.2. The maximum Gasteiger partial charge on any atom is 0.124 e. The van der Waals surface area contributed by atoms with Gasteiger partial charge in [0, 0.05) is 24.2 Å². The van der Waals surface area contributed by atoms with Crippen molar-refractivity contribution in [3.8, 4) is 0 Å². The number of halogens is 2. The summed E-state index contributed by atoms with van der Waals surface area (Å²) >= 11 is 6.19. The molecule has 2 unspecified atom stereocenters. The molecule has 0 bridgehead atoms. The minimum atomic E-state index is -0.302. The van der Waals surface area contributed by atoms with Crippen molar-refractivity contribution in [1.82, 2.24) is 4.90 Å². The van der Waals surface area contributed by atoms with Gasteiger partial charge in [0.05, 0.1) is 0 Å². The third-order valence-corrected chi connectivity index (χ3v) is 4.76. The Kier molecular flexibility index (Phi) is 4.73. The zero-order valence-corrected chi connectivity index (χ0v) is 13.3. The van der Waals surface area contributed by atoms with E-state index in [4.69, 9.17) is 17.3 Å². The van der Waals surface area contributed by atoms with Crippen LogP contribution in [0.3, 0.4) is 0 Å². The maximum absolute atomic E-state index is 13.2. The Balaban J connectivity index is 2.17. The largest absolute Gasteiger partial charge is 0.329 e. The van der Waals surface area contributed by atoms with Crippen LogP contribution in [-0.4, -0.2) is 24.5 Å². The summed E-state index contributed by atoms with van der Waals surface area (Å²) in [6, 6.07) is 4.67. The fraction of sp³-hybridized carbons (Fsp3) is 0.625. The summed E-state index contributed by atoms with van der Waals surface area (Å²) in [5.74, 6) is 0.360. The van der Waals surface area contributed by atoms with Gasteiger partial charge >= 0.3 is 0 Å².